The number of carbonyl (C=O) groups excluding carboxylic acids is 9. The van der Waals surface area contributed by atoms with Crippen LogP contribution in [0.1, 0.15) is 62.1 Å². The van der Waals surface area contributed by atoms with E-state index in [0.717, 1.165) is 14.7 Å². The number of halogens is 9. The molecule has 0 aliphatic carbocycles. The molecule has 3 aromatic carbocycles. The molecular weight excluding hydrogens is 2150 g/mol. The van der Waals surface area contributed by atoms with Crippen molar-refractivity contribution in [1.29, 1.82) is 0 Å². The summed E-state index contributed by atoms with van der Waals surface area (Å²) in [5, 5.41) is 126. The molecule has 0 aromatic heterocycles. The Morgan fingerprint density at radius 2 is 0.588 bits per heavy atom. The van der Waals surface area contributed by atoms with Gasteiger partial charge in [0.25, 0.3) is 35.4 Å². The predicted molar refractivity (Wildman–Crippen MR) is 379 cm³/mol. The molecule has 0 heterocycles. The second-order valence-corrected chi connectivity index (χ2v) is 27.6. The van der Waals surface area contributed by atoms with Gasteiger partial charge in [0, 0.05) is 70.6 Å². The number of hydrogen-bond acceptors (Lipinski definition) is 20. The molecule has 5 atom stereocenters. The average Bonchev–Trinajstić information content (AvgIpc) is 1.10. The molecule has 0 saturated heterocycles. The van der Waals surface area contributed by atoms with E-state index in [0.29, 0.717) is 0 Å². The van der Waals surface area contributed by atoms with Gasteiger partial charge in [-0.1, -0.05) is 0 Å². The summed E-state index contributed by atoms with van der Waals surface area (Å²) in [6.07, 6.45) is -7.64. The Kier molecular flexibility index (Phi) is 34.0. The van der Waals surface area contributed by atoms with Gasteiger partial charge in [0.15, 0.2) is 0 Å². The summed E-state index contributed by atoms with van der Waals surface area (Å²) in [7, 11) is 2.50. The lowest BCUT2D eigenvalue weighted by atomic mass is 10.1. The Bertz CT molecular complexity index is 2920. The van der Waals surface area contributed by atoms with Crippen molar-refractivity contribution in [2.75, 3.05) is 116 Å². The topological polar surface area (TPSA) is 458 Å². The van der Waals surface area contributed by atoms with E-state index < -0.39 is 169 Å². The number of anilines is 3. The van der Waals surface area contributed by atoms with E-state index >= 15 is 4.79 Å². The van der Waals surface area contributed by atoms with Crippen LogP contribution in [0.3, 0.4) is 0 Å². The van der Waals surface area contributed by atoms with Gasteiger partial charge in [0.05, 0.1) is 122 Å². The van der Waals surface area contributed by atoms with Gasteiger partial charge in [-0.25, -0.2) is 0 Å². The van der Waals surface area contributed by atoms with Gasteiger partial charge in [-0.05, 0) is 203 Å². The molecule has 29 nitrogen and oxygen atoms in total. The highest BCUT2D eigenvalue weighted by molar-refractivity contribution is 14.1. The van der Waals surface area contributed by atoms with Crippen LogP contribution in [0.25, 0.3) is 0 Å². The summed E-state index contributed by atoms with van der Waals surface area (Å²) >= 11 is 15.5. The smallest absolute Gasteiger partial charge is 0.256 e. The summed E-state index contributed by atoms with van der Waals surface area (Å²) in [5.41, 5.74) is -1.47. The van der Waals surface area contributed by atoms with Crippen molar-refractivity contribution in [2.24, 2.45) is 0 Å². The van der Waals surface area contributed by atoms with E-state index in [1.54, 1.807) is 203 Å². The molecule has 0 fully saturated rings. The fourth-order valence-electron chi connectivity index (χ4n) is 7.31. The largest absolute Gasteiger partial charge is 0.394 e. The molecule has 470 valence electrons. The molecule has 9 amide bonds. The van der Waals surface area contributed by atoms with Crippen LogP contribution in [-0.2, 0) is 14.4 Å². The molecule has 0 saturated carbocycles. The Hall–Kier alpha value is -0.980. The van der Waals surface area contributed by atoms with Crippen LogP contribution in [-0.4, -0.2) is 254 Å². The summed E-state index contributed by atoms with van der Waals surface area (Å²) in [6, 6.07) is 0. The van der Waals surface area contributed by atoms with Crippen LogP contribution >= 0.6 is 203 Å². The van der Waals surface area contributed by atoms with Crippen molar-refractivity contribution in [1.82, 2.24) is 30.7 Å². The maximum atomic E-state index is 15.3. The molecule has 5 unspecified atom stereocenters. The number of nitrogens with zero attached hydrogens (tertiary/aromatic N) is 3. The molecule has 0 spiro atoms. The molecule has 0 radical (unpaired) electrons. The SMILES string of the molecule is CN(CC(O)CN(CC(O)CN(C)C(=O)c1c(I)c(NC(=O)CO)c(I)c(C(=O)NCC(O)CO)c1I)C(=O)c1c(I)c(NC(=O)CO)c(I)c(C(=O)NCC(O)CO)c1I)C(=O)c1c(I)c(NC(=O)CO)c(I)c(C(=O)NCC(O)CO)c1I. The molecule has 0 aliphatic rings. The second-order valence-electron chi connectivity index (χ2n) is 17.8. The van der Waals surface area contributed by atoms with Crippen molar-refractivity contribution < 1.29 is 99.3 Å². The molecule has 17 N–H and O–H groups in total. The number of hydrogen-bond donors (Lipinski definition) is 17. The van der Waals surface area contributed by atoms with Crippen LogP contribution in [0.4, 0.5) is 17.1 Å². The number of aliphatic hydroxyl groups excluding tert-OH is 11. The van der Waals surface area contributed by atoms with Crippen LogP contribution in [0.5, 0.6) is 0 Å². The van der Waals surface area contributed by atoms with Crippen molar-refractivity contribution >= 4 is 274 Å². The standard InChI is InChI=1S/C47H54I9N9O20/c1-63(45(83)27-30(48)24(42(80)57-3-16(72)10-66)33(51)39(36(27)54)60-21(77)13-69)6-19(75)8-65(47(85)29-32(50)26(44(82)59-5-18(74)12-68)35(53)41(38(29)56)62-23(79)15-71)9-20(76)7-64(2)46(84)28-31(49)25(43(81)58-4-17(73)11-67)34(52)40(37(28)55)61-22(78)14-70/h16-20,66-76H,3-15H2,1-2H3,(H,57,80)(H,58,81)(H,59,82)(H,60,77)(H,61,78)(H,62,79). The van der Waals surface area contributed by atoms with E-state index in [4.69, 9.17) is 0 Å². The first-order chi connectivity index (χ1) is 39.8. The number of rotatable bonds is 29. The lowest BCUT2D eigenvalue weighted by Crippen LogP contribution is -2.48. The first-order valence-corrected chi connectivity index (χ1v) is 33.7. The van der Waals surface area contributed by atoms with Crippen molar-refractivity contribution in [2.45, 2.75) is 30.5 Å². The average molecular weight is 2210 g/mol. The van der Waals surface area contributed by atoms with E-state index in [1.807, 2.05) is 0 Å². The molecule has 3 rings (SSSR count). The quantitative estimate of drug-likeness (QED) is 0.0366. The minimum absolute atomic E-state index is 0.0194. The van der Waals surface area contributed by atoms with Gasteiger partial charge in [-0.15, -0.1) is 0 Å². The monoisotopic (exact) mass is 2210 g/mol. The number of likely N-dealkylation sites (N-methyl/N-ethyl adjacent to an activating group) is 2. The van der Waals surface area contributed by atoms with E-state index in [2.05, 4.69) is 31.9 Å². The maximum Gasteiger partial charge on any atom is 0.256 e. The van der Waals surface area contributed by atoms with Gasteiger partial charge in [-0.3, -0.25) is 43.2 Å². The van der Waals surface area contributed by atoms with Crippen LogP contribution in [0, 0.1) is 32.1 Å². The Morgan fingerprint density at radius 3 is 0.824 bits per heavy atom. The first kappa shape index (κ1) is 78.3. The fourth-order valence-corrected chi connectivity index (χ4v) is 20.5. The number of nitrogens with one attached hydrogen (secondary N) is 6. The predicted octanol–water partition coefficient (Wildman–Crippen LogP) is -1.12. The number of carbonyl (C=O) groups is 9. The molecule has 85 heavy (non-hydrogen) atoms. The Labute approximate surface area is 606 Å². The Balaban J connectivity index is 2.28. The highest BCUT2D eigenvalue weighted by Crippen LogP contribution is 2.40. The third kappa shape index (κ3) is 20.8. The zero-order valence-electron chi connectivity index (χ0n) is 43.9. The van der Waals surface area contributed by atoms with E-state index in [9.17, 15) is 94.5 Å². The third-order valence-corrected chi connectivity index (χ3v) is 21.1. The van der Waals surface area contributed by atoms with Crippen molar-refractivity contribution in [3.63, 3.8) is 0 Å². The maximum absolute atomic E-state index is 15.3. The van der Waals surface area contributed by atoms with Crippen LogP contribution in [0.15, 0.2) is 0 Å². The number of amides is 9. The van der Waals surface area contributed by atoms with Gasteiger partial charge in [0.1, 0.15) is 19.8 Å². The Morgan fingerprint density at radius 1 is 0.353 bits per heavy atom. The summed E-state index contributed by atoms with van der Waals surface area (Å²) in [4.78, 5) is 126. The molecule has 0 bridgehead atoms. The van der Waals surface area contributed by atoms with Crippen LogP contribution in [0.2, 0.25) is 0 Å². The minimum atomic E-state index is -1.75. The number of aliphatic hydroxyl groups is 11. The van der Waals surface area contributed by atoms with Gasteiger partial charge in [-0.2, -0.15) is 0 Å². The molecular formula is C47H54I9N9O20. The second kappa shape index (κ2) is 36.9. The molecule has 0 aliphatic heterocycles. The zero-order chi connectivity index (χ0) is 64.6. The normalized spacial score (nSPS) is 12.9. The summed E-state index contributed by atoms with van der Waals surface area (Å²) < 4.78 is 0.435. The van der Waals surface area contributed by atoms with Gasteiger partial charge >= 0.3 is 0 Å². The lowest BCUT2D eigenvalue weighted by Gasteiger charge is -2.32. The summed E-state index contributed by atoms with van der Waals surface area (Å²) in [5.74, 6) is -8.12. The van der Waals surface area contributed by atoms with E-state index in [-0.39, 0.29) is 82.6 Å². The highest BCUT2D eigenvalue weighted by atomic mass is 127. The number of benzene rings is 3. The van der Waals surface area contributed by atoms with Gasteiger partial charge < -0.3 is 103 Å². The fraction of sp³-hybridized carbons (Fsp3) is 0.426. The first-order valence-electron chi connectivity index (χ1n) is 24.0. The van der Waals surface area contributed by atoms with Crippen molar-refractivity contribution in [3.05, 3.63) is 65.5 Å². The van der Waals surface area contributed by atoms with Crippen LogP contribution < -0.4 is 31.9 Å². The minimum Gasteiger partial charge on any atom is -0.394 e. The third-order valence-electron chi connectivity index (χ3n) is 11.4. The highest BCUT2D eigenvalue weighted by Gasteiger charge is 2.36. The van der Waals surface area contributed by atoms with E-state index in [1.165, 1.54) is 14.1 Å². The molecule has 3 aromatic rings. The lowest BCUT2D eigenvalue weighted by molar-refractivity contribution is -0.119. The summed E-state index contributed by atoms with van der Waals surface area (Å²) in [6.45, 7) is -9.22. The van der Waals surface area contributed by atoms with Gasteiger partial charge in [0.2, 0.25) is 17.7 Å². The van der Waals surface area contributed by atoms with Crippen molar-refractivity contribution in [3.8, 4) is 0 Å². The molecule has 38 heteroatoms. The zero-order valence-corrected chi connectivity index (χ0v) is 63.3.